The first kappa shape index (κ1) is 17.4. The number of nitrogens with zero attached hydrogens (tertiary/aromatic N) is 3. The molecule has 1 amide bonds. The Balaban J connectivity index is 1.83. The largest absolute Gasteiger partial charge is 0.497 e. The minimum absolute atomic E-state index is 0.182. The minimum Gasteiger partial charge on any atom is -0.497 e. The zero-order valence-electron chi connectivity index (χ0n) is 14.7. The van der Waals surface area contributed by atoms with Crippen LogP contribution in [0.2, 0.25) is 0 Å². The number of benzene rings is 1. The van der Waals surface area contributed by atoms with Crippen LogP contribution in [-0.4, -0.2) is 41.2 Å². The normalized spacial score (nSPS) is 15.1. The summed E-state index contributed by atoms with van der Waals surface area (Å²) in [6, 6.07) is 7.65. The molecular formula is C18H24N4O3. The second-order valence-corrected chi connectivity index (χ2v) is 6.24. The third kappa shape index (κ3) is 3.99. The smallest absolute Gasteiger partial charge is 0.274 e. The Morgan fingerprint density at radius 1 is 1.20 bits per heavy atom. The number of carbonyl (C=O) groups is 1. The first-order valence-electron chi connectivity index (χ1n) is 8.61. The Hall–Kier alpha value is -2.41. The summed E-state index contributed by atoms with van der Waals surface area (Å²) in [5.74, 6) is 0.575. The van der Waals surface area contributed by atoms with Crippen LogP contribution in [0.4, 0.5) is 0 Å². The van der Waals surface area contributed by atoms with Gasteiger partial charge in [-0.2, -0.15) is 0 Å². The van der Waals surface area contributed by atoms with E-state index in [0.29, 0.717) is 11.4 Å². The maximum Gasteiger partial charge on any atom is 0.274 e. The molecule has 0 bridgehead atoms. The lowest BCUT2D eigenvalue weighted by molar-refractivity contribution is 0.0917. The summed E-state index contributed by atoms with van der Waals surface area (Å²) < 4.78 is 12.1. The molecule has 1 aliphatic carbocycles. The minimum atomic E-state index is -0.182. The second kappa shape index (κ2) is 8.11. The third-order valence-electron chi connectivity index (χ3n) is 4.52. The Bertz CT molecular complexity index is 706. The van der Waals surface area contributed by atoms with Gasteiger partial charge in [0.2, 0.25) is 0 Å². The fourth-order valence-corrected chi connectivity index (χ4v) is 3.18. The van der Waals surface area contributed by atoms with E-state index in [1.807, 2.05) is 24.3 Å². The molecule has 0 saturated heterocycles. The number of amides is 1. The number of ether oxygens (including phenoxy) is 2. The van der Waals surface area contributed by atoms with E-state index >= 15 is 0 Å². The number of hydrogen-bond donors (Lipinski definition) is 1. The fourth-order valence-electron chi connectivity index (χ4n) is 3.18. The summed E-state index contributed by atoms with van der Waals surface area (Å²) in [4.78, 5) is 12.7. The molecule has 0 atom stereocenters. The van der Waals surface area contributed by atoms with Gasteiger partial charge in [-0.15, -0.1) is 5.10 Å². The van der Waals surface area contributed by atoms with Crippen LogP contribution in [0, 0.1) is 0 Å². The van der Waals surface area contributed by atoms with Gasteiger partial charge in [0.05, 0.1) is 19.4 Å². The summed E-state index contributed by atoms with van der Waals surface area (Å²) in [7, 11) is 3.21. The standard InChI is InChI=1S/C18H24N4O3/c1-24-12-16-17(18(23)19-13-6-4-3-5-7-13)20-21-22(16)14-8-10-15(25-2)11-9-14/h8-11,13H,3-7,12H2,1-2H3,(H,19,23). The Labute approximate surface area is 147 Å². The molecular weight excluding hydrogens is 320 g/mol. The van der Waals surface area contributed by atoms with Crippen LogP contribution >= 0.6 is 0 Å². The Morgan fingerprint density at radius 3 is 2.56 bits per heavy atom. The van der Waals surface area contributed by atoms with Crippen LogP contribution in [-0.2, 0) is 11.3 Å². The number of rotatable bonds is 6. The second-order valence-electron chi connectivity index (χ2n) is 6.24. The van der Waals surface area contributed by atoms with Crippen molar-refractivity contribution in [2.75, 3.05) is 14.2 Å². The molecule has 1 aromatic carbocycles. The van der Waals surface area contributed by atoms with Crippen LogP contribution in [0.1, 0.15) is 48.3 Å². The van der Waals surface area contributed by atoms with Crippen LogP contribution in [0.25, 0.3) is 5.69 Å². The van der Waals surface area contributed by atoms with Crippen molar-refractivity contribution in [3.8, 4) is 11.4 Å². The molecule has 1 N–H and O–H groups in total. The van der Waals surface area contributed by atoms with Crippen molar-refractivity contribution < 1.29 is 14.3 Å². The average Bonchev–Trinajstić information content (AvgIpc) is 3.07. The van der Waals surface area contributed by atoms with Crippen molar-refractivity contribution in [2.24, 2.45) is 0 Å². The van der Waals surface area contributed by atoms with Crippen LogP contribution < -0.4 is 10.1 Å². The number of carbonyl (C=O) groups excluding carboxylic acids is 1. The van der Waals surface area contributed by atoms with Crippen molar-refractivity contribution in [1.82, 2.24) is 20.3 Å². The third-order valence-corrected chi connectivity index (χ3v) is 4.52. The van der Waals surface area contributed by atoms with Crippen molar-refractivity contribution in [3.05, 3.63) is 35.7 Å². The van der Waals surface area contributed by atoms with E-state index in [0.717, 1.165) is 37.1 Å². The molecule has 3 rings (SSSR count). The van der Waals surface area contributed by atoms with E-state index in [1.54, 1.807) is 18.9 Å². The van der Waals surface area contributed by atoms with Gasteiger partial charge in [-0.3, -0.25) is 4.79 Å². The summed E-state index contributed by atoms with van der Waals surface area (Å²) in [5.41, 5.74) is 1.77. The van der Waals surface area contributed by atoms with E-state index < -0.39 is 0 Å². The number of methoxy groups -OCH3 is 2. The zero-order chi connectivity index (χ0) is 17.6. The molecule has 7 heteroatoms. The van der Waals surface area contributed by atoms with Gasteiger partial charge < -0.3 is 14.8 Å². The predicted octanol–water partition coefficient (Wildman–Crippen LogP) is 2.48. The summed E-state index contributed by atoms with van der Waals surface area (Å²) in [5, 5.41) is 11.4. The van der Waals surface area contributed by atoms with E-state index in [9.17, 15) is 4.79 Å². The lowest BCUT2D eigenvalue weighted by atomic mass is 9.95. The maximum atomic E-state index is 12.7. The summed E-state index contributed by atoms with van der Waals surface area (Å²) in [6.45, 7) is 0.256. The van der Waals surface area contributed by atoms with Gasteiger partial charge in [0.15, 0.2) is 5.69 Å². The van der Waals surface area contributed by atoms with Gasteiger partial charge in [0.25, 0.3) is 5.91 Å². The van der Waals surface area contributed by atoms with Gasteiger partial charge >= 0.3 is 0 Å². The lowest BCUT2D eigenvalue weighted by Gasteiger charge is -2.22. The highest BCUT2D eigenvalue weighted by atomic mass is 16.5. The highest BCUT2D eigenvalue weighted by Gasteiger charge is 2.23. The summed E-state index contributed by atoms with van der Waals surface area (Å²) in [6.07, 6.45) is 5.62. The first-order chi connectivity index (χ1) is 12.2. The van der Waals surface area contributed by atoms with E-state index in [4.69, 9.17) is 9.47 Å². The van der Waals surface area contributed by atoms with Crippen molar-refractivity contribution in [2.45, 2.75) is 44.8 Å². The molecule has 25 heavy (non-hydrogen) atoms. The van der Waals surface area contributed by atoms with Gasteiger partial charge in [-0.1, -0.05) is 24.5 Å². The highest BCUT2D eigenvalue weighted by Crippen LogP contribution is 2.20. The van der Waals surface area contributed by atoms with Gasteiger partial charge in [0, 0.05) is 13.2 Å². The number of aromatic nitrogens is 3. The monoisotopic (exact) mass is 344 g/mol. The van der Waals surface area contributed by atoms with Gasteiger partial charge in [0.1, 0.15) is 11.4 Å². The molecule has 0 radical (unpaired) electrons. The summed E-state index contributed by atoms with van der Waals surface area (Å²) >= 11 is 0. The molecule has 1 heterocycles. The van der Waals surface area contributed by atoms with Crippen LogP contribution in [0.5, 0.6) is 5.75 Å². The van der Waals surface area contributed by atoms with Crippen LogP contribution in [0.3, 0.4) is 0 Å². The highest BCUT2D eigenvalue weighted by molar-refractivity contribution is 5.93. The van der Waals surface area contributed by atoms with Crippen molar-refractivity contribution in [3.63, 3.8) is 0 Å². The molecule has 0 unspecified atom stereocenters. The van der Waals surface area contributed by atoms with Gasteiger partial charge in [-0.05, 0) is 37.1 Å². The Morgan fingerprint density at radius 2 is 1.92 bits per heavy atom. The van der Waals surface area contributed by atoms with E-state index in [2.05, 4.69) is 15.6 Å². The van der Waals surface area contributed by atoms with Crippen molar-refractivity contribution in [1.29, 1.82) is 0 Å². The quantitative estimate of drug-likeness (QED) is 0.871. The molecule has 2 aromatic rings. The predicted molar refractivity (Wildman–Crippen MR) is 93.0 cm³/mol. The zero-order valence-corrected chi connectivity index (χ0v) is 14.7. The van der Waals surface area contributed by atoms with Crippen LogP contribution in [0.15, 0.2) is 24.3 Å². The van der Waals surface area contributed by atoms with Crippen molar-refractivity contribution >= 4 is 5.91 Å². The molecule has 0 spiro atoms. The molecule has 0 aliphatic heterocycles. The first-order valence-corrected chi connectivity index (χ1v) is 8.61. The topological polar surface area (TPSA) is 78.3 Å². The Kier molecular flexibility index (Phi) is 5.65. The molecule has 1 aliphatic rings. The molecule has 1 aromatic heterocycles. The fraction of sp³-hybridized carbons (Fsp3) is 0.500. The molecule has 1 fully saturated rings. The van der Waals surface area contributed by atoms with E-state index in [1.165, 1.54) is 6.42 Å². The van der Waals surface area contributed by atoms with E-state index in [-0.39, 0.29) is 18.6 Å². The average molecular weight is 344 g/mol. The number of hydrogen-bond acceptors (Lipinski definition) is 5. The van der Waals surface area contributed by atoms with Gasteiger partial charge in [-0.25, -0.2) is 4.68 Å². The molecule has 1 saturated carbocycles. The lowest BCUT2D eigenvalue weighted by Crippen LogP contribution is -2.36. The molecule has 134 valence electrons. The number of nitrogens with one attached hydrogen (secondary N) is 1. The molecule has 7 nitrogen and oxygen atoms in total. The maximum absolute atomic E-state index is 12.7. The SMILES string of the molecule is COCc1c(C(=O)NC2CCCCC2)nnn1-c1ccc(OC)cc1.